The van der Waals surface area contributed by atoms with E-state index in [2.05, 4.69) is 5.32 Å². The molecule has 1 aromatic rings. The number of hydrogen-bond donors (Lipinski definition) is 1. The molecule has 1 rings (SSSR count). The maximum absolute atomic E-state index is 11.8. The number of carbonyl (C=O) groups excluding carboxylic acids is 1. The van der Waals surface area contributed by atoms with Crippen LogP contribution in [0, 0.1) is 10.1 Å². The number of anilines is 1. The molecule has 0 aliphatic carbocycles. The van der Waals surface area contributed by atoms with Gasteiger partial charge in [-0.05, 0) is 26.0 Å². The van der Waals surface area contributed by atoms with Crippen LogP contribution >= 0.6 is 0 Å². The Morgan fingerprint density at radius 2 is 2.00 bits per heavy atom. The number of likely N-dealkylation sites (N-methyl/N-ethyl adjacent to an activating group) is 1. The van der Waals surface area contributed by atoms with E-state index in [1.54, 1.807) is 31.0 Å². The fraction of sp³-hybridized carbons (Fsp3) is 0.417. The van der Waals surface area contributed by atoms with Crippen molar-refractivity contribution in [1.29, 1.82) is 0 Å². The van der Waals surface area contributed by atoms with Crippen molar-refractivity contribution in [2.45, 2.75) is 19.9 Å². The summed E-state index contributed by atoms with van der Waals surface area (Å²) in [7, 11) is 1.73. The quantitative estimate of drug-likeness (QED) is 0.640. The van der Waals surface area contributed by atoms with Crippen LogP contribution in [0.25, 0.3) is 0 Å². The molecule has 1 N–H and O–H groups in total. The molecule has 0 aliphatic rings. The van der Waals surface area contributed by atoms with Crippen molar-refractivity contribution in [2.75, 3.05) is 18.9 Å². The first-order valence-corrected chi connectivity index (χ1v) is 5.71. The van der Waals surface area contributed by atoms with Gasteiger partial charge in [-0.1, -0.05) is 0 Å². The Bertz CT molecular complexity index is 431. The number of rotatable bonds is 5. The SMILES string of the molecule is CCN(C)C(=O)C(C)Nc1ccc([N+](=O)[O-])cc1. The maximum Gasteiger partial charge on any atom is 0.269 e. The molecule has 0 spiro atoms. The second-order valence-electron chi connectivity index (χ2n) is 4.02. The van der Waals surface area contributed by atoms with Crippen LogP contribution in [-0.2, 0) is 4.79 Å². The van der Waals surface area contributed by atoms with Gasteiger partial charge in [0.2, 0.25) is 5.91 Å². The molecule has 6 nitrogen and oxygen atoms in total. The third kappa shape index (κ3) is 3.44. The van der Waals surface area contributed by atoms with Crippen LogP contribution in [0.5, 0.6) is 0 Å². The van der Waals surface area contributed by atoms with Gasteiger partial charge in [0.1, 0.15) is 6.04 Å². The van der Waals surface area contributed by atoms with E-state index in [0.717, 1.165) is 0 Å². The largest absolute Gasteiger partial charge is 0.374 e. The zero-order valence-corrected chi connectivity index (χ0v) is 10.7. The summed E-state index contributed by atoms with van der Waals surface area (Å²) in [5.74, 6) is -0.0177. The van der Waals surface area contributed by atoms with Crippen molar-refractivity contribution >= 4 is 17.3 Å². The fourth-order valence-electron chi connectivity index (χ4n) is 1.48. The molecular formula is C12H17N3O3. The Balaban J connectivity index is 2.67. The van der Waals surface area contributed by atoms with Crippen LogP contribution in [0.15, 0.2) is 24.3 Å². The van der Waals surface area contributed by atoms with E-state index in [-0.39, 0.29) is 17.6 Å². The first-order chi connectivity index (χ1) is 8.45. The highest BCUT2D eigenvalue weighted by atomic mass is 16.6. The Morgan fingerprint density at radius 1 is 1.44 bits per heavy atom. The van der Waals surface area contributed by atoms with Crippen molar-refractivity contribution in [3.8, 4) is 0 Å². The minimum absolute atomic E-state index is 0.0177. The number of carbonyl (C=O) groups is 1. The molecule has 18 heavy (non-hydrogen) atoms. The Hall–Kier alpha value is -2.11. The Morgan fingerprint density at radius 3 is 2.44 bits per heavy atom. The topological polar surface area (TPSA) is 75.5 Å². The van der Waals surface area contributed by atoms with Crippen LogP contribution < -0.4 is 5.32 Å². The minimum atomic E-state index is -0.455. The van der Waals surface area contributed by atoms with E-state index in [9.17, 15) is 14.9 Å². The second kappa shape index (κ2) is 6.00. The summed E-state index contributed by atoms with van der Waals surface area (Å²) in [4.78, 5) is 23.5. The average molecular weight is 251 g/mol. The molecule has 6 heteroatoms. The number of hydrogen-bond acceptors (Lipinski definition) is 4. The highest BCUT2D eigenvalue weighted by molar-refractivity contribution is 5.84. The van der Waals surface area contributed by atoms with Gasteiger partial charge in [-0.15, -0.1) is 0 Å². The molecule has 0 radical (unpaired) electrons. The van der Waals surface area contributed by atoms with Crippen LogP contribution in [-0.4, -0.2) is 35.4 Å². The van der Waals surface area contributed by atoms with Crippen molar-refractivity contribution in [3.05, 3.63) is 34.4 Å². The van der Waals surface area contributed by atoms with E-state index in [4.69, 9.17) is 0 Å². The number of nitro benzene ring substituents is 1. The minimum Gasteiger partial charge on any atom is -0.374 e. The Labute approximate surface area is 106 Å². The third-order valence-corrected chi connectivity index (χ3v) is 2.68. The highest BCUT2D eigenvalue weighted by Gasteiger charge is 2.16. The molecule has 0 aromatic heterocycles. The van der Waals surface area contributed by atoms with E-state index < -0.39 is 4.92 Å². The highest BCUT2D eigenvalue weighted by Crippen LogP contribution is 2.16. The summed E-state index contributed by atoms with van der Waals surface area (Å²) in [6, 6.07) is 5.63. The molecule has 0 saturated heterocycles. The summed E-state index contributed by atoms with van der Waals surface area (Å²) in [6.07, 6.45) is 0. The lowest BCUT2D eigenvalue weighted by Gasteiger charge is -2.21. The second-order valence-corrected chi connectivity index (χ2v) is 4.02. The number of nitrogens with zero attached hydrogens (tertiary/aromatic N) is 2. The lowest BCUT2D eigenvalue weighted by atomic mass is 10.2. The van der Waals surface area contributed by atoms with E-state index in [1.807, 2.05) is 6.92 Å². The van der Waals surface area contributed by atoms with Gasteiger partial charge in [-0.25, -0.2) is 0 Å². The summed E-state index contributed by atoms with van der Waals surface area (Å²) in [6.45, 7) is 4.30. The molecule has 98 valence electrons. The number of nitrogens with one attached hydrogen (secondary N) is 1. The Kier molecular flexibility index (Phi) is 4.65. The first-order valence-electron chi connectivity index (χ1n) is 5.71. The fourth-order valence-corrected chi connectivity index (χ4v) is 1.48. The van der Waals surface area contributed by atoms with Gasteiger partial charge < -0.3 is 10.2 Å². The van der Waals surface area contributed by atoms with Crippen LogP contribution in [0.4, 0.5) is 11.4 Å². The van der Waals surface area contributed by atoms with Gasteiger partial charge in [0.25, 0.3) is 5.69 Å². The lowest BCUT2D eigenvalue weighted by molar-refractivity contribution is -0.384. The smallest absolute Gasteiger partial charge is 0.269 e. The lowest BCUT2D eigenvalue weighted by Crippen LogP contribution is -2.38. The monoisotopic (exact) mass is 251 g/mol. The van der Waals surface area contributed by atoms with Crippen LogP contribution in [0.3, 0.4) is 0 Å². The summed E-state index contributed by atoms with van der Waals surface area (Å²) >= 11 is 0. The molecule has 0 heterocycles. The molecule has 0 aliphatic heterocycles. The van der Waals surface area contributed by atoms with E-state index in [0.29, 0.717) is 12.2 Å². The molecule has 1 unspecified atom stereocenters. The van der Waals surface area contributed by atoms with Gasteiger partial charge in [0, 0.05) is 31.4 Å². The molecule has 0 fully saturated rings. The first kappa shape index (κ1) is 14.0. The van der Waals surface area contributed by atoms with Crippen LogP contribution in [0.2, 0.25) is 0 Å². The van der Waals surface area contributed by atoms with E-state index >= 15 is 0 Å². The summed E-state index contributed by atoms with van der Waals surface area (Å²) < 4.78 is 0. The van der Waals surface area contributed by atoms with Crippen molar-refractivity contribution < 1.29 is 9.72 Å². The third-order valence-electron chi connectivity index (χ3n) is 2.68. The van der Waals surface area contributed by atoms with Crippen molar-refractivity contribution in [3.63, 3.8) is 0 Å². The number of non-ortho nitro benzene ring substituents is 1. The standard InChI is InChI=1S/C12H17N3O3/c1-4-14(3)12(16)9(2)13-10-5-7-11(8-6-10)15(17)18/h5-9,13H,4H2,1-3H3. The predicted molar refractivity (Wildman–Crippen MR) is 69.5 cm³/mol. The molecule has 1 atom stereocenters. The zero-order chi connectivity index (χ0) is 13.7. The van der Waals surface area contributed by atoms with Gasteiger partial charge in [-0.3, -0.25) is 14.9 Å². The normalized spacial score (nSPS) is 11.7. The molecule has 1 amide bonds. The number of nitro groups is 1. The van der Waals surface area contributed by atoms with Gasteiger partial charge in [0.05, 0.1) is 4.92 Å². The maximum atomic E-state index is 11.8. The van der Waals surface area contributed by atoms with Gasteiger partial charge >= 0.3 is 0 Å². The van der Waals surface area contributed by atoms with Gasteiger partial charge in [0.15, 0.2) is 0 Å². The molecule has 0 saturated carbocycles. The van der Waals surface area contributed by atoms with Crippen molar-refractivity contribution in [2.24, 2.45) is 0 Å². The summed E-state index contributed by atoms with van der Waals surface area (Å²) in [5, 5.41) is 13.5. The van der Waals surface area contributed by atoms with E-state index in [1.165, 1.54) is 12.1 Å². The zero-order valence-electron chi connectivity index (χ0n) is 10.7. The average Bonchev–Trinajstić information content (AvgIpc) is 2.37. The molecule has 0 bridgehead atoms. The summed E-state index contributed by atoms with van der Waals surface area (Å²) in [5.41, 5.74) is 0.719. The molecule has 1 aromatic carbocycles. The van der Waals surface area contributed by atoms with Gasteiger partial charge in [-0.2, -0.15) is 0 Å². The van der Waals surface area contributed by atoms with Crippen LogP contribution in [0.1, 0.15) is 13.8 Å². The molecular weight excluding hydrogens is 234 g/mol. The van der Waals surface area contributed by atoms with Crippen molar-refractivity contribution in [1.82, 2.24) is 4.90 Å². The number of benzene rings is 1. The number of amides is 1. The predicted octanol–water partition coefficient (Wildman–Crippen LogP) is 1.87.